The highest BCUT2D eigenvalue weighted by atomic mass is 16.8. The Bertz CT molecular complexity index is 3450. The summed E-state index contributed by atoms with van der Waals surface area (Å²) in [5.41, 5.74) is 0. The van der Waals surface area contributed by atoms with Crippen molar-refractivity contribution in [3.05, 3.63) is 0 Å². The van der Waals surface area contributed by atoms with Gasteiger partial charge in [-0.15, -0.1) is 0 Å². The van der Waals surface area contributed by atoms with Crippen LogP contribution in [0.25, 0.3) is 0 Å². The molecule has 716 valence electrons. The Morgan fingerprint density at radius 3 is 0.984 bits per heavy atom. The van der Waals surface area contributed by atoms with Crippen molar-refractivity contribution in [2.45, 2.75) is 328 Å². The van der Waals surface area contributed by atoms with Crippen LogP contribution in [-0.4, -0.2) is 530 Å². The molecule has 124 heavy (non-hydrogen) atoms. The molecule has 0 aromatic heterocycles. The fraction of sp³-hybridized carbons (Fsp3) is 0.912. The Morgan fingerprint density at radius 1 is 0.331 bits per heavy atom. The fourth-order valence-electron chi connectivity index (χ4n) is 15.9. The molecule has 9 fully saturated rings. The smallest absolute Gasteiger partial charge is 0.364 e. The van der Waals surface area contributed by atoms with Crippen LogP contribution in [0, 0.1) is 0 Å². The van der Waals surface area contributed by atoms with E-state index in [-0.39, 0.29) is 0 Å². The van der Waals surface area contributed by atoms with Gasteiger partial charge >= 0.3 is 11.9 Å². The molecule has 9 heterocycles. The summed E-state index contributed by atoms with van der Waals surface area (Å²) in [7, 11) is 0. The Hall–Kier alpha value is -4.94. The number of amides is 4. The number of hydrogen-bond acceptors (Lipinski definition) is 50. The third kappa shape index (κ3) is 22.3. The maximum absolute atomic E-state index is 13.2. The van der Waals surface area contributed by atoms with Gasteiger partial charge in [-0.1, -0.05) is 0 Å². The molecule has 0 aromatic rings. The molecule has 4 amide bonds. The summed E-state index contributed by atoms with van der Waals surface area (Å²) in [5, 5.41) is 330. The minimum Gasteiger partial charge on any atom is -0.477 e. The molecule has 0 radical (unpaired) electrons. The quantitative estimate of drug-likeness (QED) is 0.0280. The van der Waals surface area contributed by atoms with Crippen molar-refractivity contribution in [2.75, 3.05) is 59.5 Å². The van der Waals surface area contributed by atoms with Crippen LogP contribution in [0.3, 0.4) is 0 Å². The van der Waals surface area contributed by atoms with Gasteiger partial charge in [-0.05, 0) is 0 Å². The van der Waals surface area contributed by atoms with E-state index >= 15 is 0 Å². The summed E-state index contributed by atoms with van der Waals surface area (Å²) in [6.07, 6.45) is -93.6. The van der Waals surface area contributed by atoms with Gasteiger partial charge in [-0.2, -0.15) is 0 Å². The Balaban J connectivity index is 0.919. The topological polar surface area (TPSA) is 894 Å². The van der Waals surface area contributed by atoms with E-state index in [1.807, 2.05) is 0 Å². The lowest BCUT2D eigenvalue weighted by Gasteiger charge is -2.51. The number of carbonyl (C=O) groups excluding carboxylic acids is 4. The monoisotopic (exact) mass is 1820 g/mol. The zero-order chi connectivity index (χ0) is 92.1. The molecular weight excluding hydrogens is 1700 g/mol. The molecule has 56 nitrogen and oxygen atoms in total. The van der Waals surface area contributed by atoms with E-state index in [0.29, 0.717) is 0 Å². The lowest BCUT2D eigenvalue weighted by atomic mass is 9.88. The number of aliphatic hydroxyl groups is 27. The molecule has 1 unspecified atom stereocenters. The Morgan fingerprint density at radius 2 is 0.637 bits per heavy atom. The first-order valence-corrected chi connectivity index (χ1v) is 38.9. The normalized spacial score (nSPS) is 46.3. The third-order valence-corrected chi connectivity index (χ3v) is 22.3. The second-order valence-electron chi connectivity index (χ2n) is 31.0. The van der Waals surface area contributed by atoms with E-state index in [9.17, 15) is 177 Å². The zero-order valence-corrected chi connectivity index (χ0v) is 66.1. The highest BCUT2D eigenvalue weighted by Gasteiger charge is 2.65. The molecule has 56 heteroatoms. The van der Waals surface area contributed by atoms with Crippen molar-refractivity contribution in [1.29, 1.82) is 0 Å². The first kappa shape index (κ1) is 103. The summed E-state index contributed by atoms with van der Waals surface area (Å²) in [6.45, 7) is -7.07. The Kier molecular flexibility index (Phi) is 36.4. The molecule has 9 rings (SSSR count). The first-order chi connectivity index (χ1) is 58.3. The average Bonchev–Trinajstić information content (AvgIpc) is 0.754. The van der Waals surface area contributed by atoms with Crippen LogP contribution in [0.5, 0.6) is 0 Å². The lowest BCUT2D eigenvalue weighted by molar-refractivity contribution is -0.396. The van der Waals surface area contributed by atoms with Crippen molar-refractivity contribution >= 4 is 35.6 Å². The number of carboxylic acids is 2. The number of nitrogens with one attached hydrogen (secondary N) is 4. The highest BCUT2D eigenvalue weighted by Crippen LogP contribution is 2.43. The van der Waals surface area contributed by atoms with Crippen LogP contribution < -0.4 is 21.3 Å². The summed E-state index contributed by atoms with van der Waals surface area (Å²) in [6, 6.07) is -7.56. The summed E-state index contributed by atoms with van der Waals surface area (Å²) in [4.78, 5) is 76.7. The number of rotatable bonds is 35. The van der Waals surface area contributed by atoms with E-state index in [2.05, 4.69) is 21.3 Å². The molecule has 33 N–H and O–H groups in total. The molecule has 9 aliphatic rings. The van der Waals surface area contributed by atoms with Gasteiger partial charge in [0.1, 0.15) is 207 Å². The van der Waals surface area contributed by atoms with Crippen molar-refractivity contribution in [3.8, 4) is 0 Å². The van der Waals surface area contributed by atoms with E-state index in [0.717, 1.165) is 27.7 Å². The minimum atomic E-state index is -3.29. The maximum Gasteiger partial charge on any atom is 0.364 e. The van der Waals surface area contributed by atoms with Gasteiger partial charge in [-0.3, -0.25) is 19.2 Å². The number of aliphatic carboxylic acids is 2. The van der Waals surface area contributed by atoms with Crippen molar-refractivity contribution in [1.82, 2.24) is 21.3 Å². The molecule has 0 saturated carbocycles. The van der Waals surface area contributed by atoms with Gasteiger partial charge in [0.15, 0.2) is 44.0 Å². The molecule has 0 spiro atoms. The predicted octanol–water partition coefficient (Wildman–Crippen LogP) is -21.6. The second kappa shape index (κ2) is 43.9. The van der Waals surface area contributed by atoms with Gasteiger partial charge in [0.2, 0.25) is 23.6 Å². The van der Waals surface area contributed by atoms with E-state index < -0.39 is 395 Å². The fourth-order valence-corrected chi connectivity index (χ4v) is 15.9. The van der Waals surface area contributed by atoms with E-state index in [1.165, 1.54) is 0 Å². The zero-order valence-electron chi connectivity index (χ0n) is 66.1. The summed E-state index contributed by atoms with van der Waals surface area (Å²) >= 11 is 0. The van der Waals surface area contributed by atoms with Gasteiger partial charge in [-0.25, -0.2) is 9.59 Å². The Labute approximate surface area is 699 Å². The number of hydrogen-bond donors (Lipinski definition) is 33. The largest absolute Gasteiger partial charge is 0.477 e. The molecule has 0 aliphatic carbocycles. The van der Waals surface area contributed by atoms with Crippen molar-refractivity contribution in [3.63, 3.8) is 0 Å². The van der Waals surface area contributed by atoms with Gasteiger partial charge in [0.25, 0.3) is 11.6 Å². The van der Waals surface area contributed by atoms with Crippen LogP contribution in [-0.2, 0) is 109 Å². The second-order valence-corrected chi connectivity index (χ2v) is 31.0. The van der Waals surface area contributed by atoms with Crippen LogP contribution in [0.15, 0.2) is 0 Å². The number of ether oxygens (including phenoxy) is 17. The number of aliphatic hydroxyl groups excluding tert-OH is 27. The van der Waals surface area contributed by atoms with Gasteiger partial charge < -0.3 is 250 Å². The van der Waals surface area contributed by atoms with Crippen LogP contribution in [0.4, 0.5) is 0 Å². The predicted molar refractivity (Wildman–Crippen MR) is 378 cm³/mol. The number of carbonyl (C=O) groups is 6. The summed E-state index contributed by atoms with van der Waals surface area (Å²) in [5.74, 6) is -14.6. The van der Waals surface area contributed by atoms with Gasteiger partial charge in [0.05, 0.1) is 83.8 Å². The average molecular weight is 1820 g/mol. The number of carboxylic acid groups (broad SMARTS) is 2. The standard InChI is InChI=1S/C68H112N4O52/c1-16(81)69-31-20(85)5-67(65(104)105,121-51(31)35(89)22(87)7-73)123-54-39(93)26(11-77)110-61(47(54)101)116-49-28(13-79)114-59(33(42(49)96)71-18(3)83)119-56-44(98)37(91)24(9-75)112-63(56)108-15-30-41(95)53(46(100)58(103)109-30)118-64-57(45(99)38(92)25(10-76)113-64)120-60-34(72-19(4)84)43(97)50(29(14-80)115-60)117-62-48(102)55(40(94)27(12-78)111-62)124-68(66(106)107)6-21(86)32(70-17(2)82)52(122-68)36(90)23(88)8-74/h20-64,73-80,85-103H,5-15H2,1-4H3,(H,69,81)(H,70,82)(H,71,83)(H,72,84)(H,104,105)(H,106,107)/t20-,21-,22-,23-,24-,25+,26-,27-,28-,29-,30+,31+,32+,33+,34-,35-,36-,37-,38+,39+,40+,41+,42+,43+,44-,45-,46+,47+,48+,49-,50+,51-,52-,53+,54-,55-,56-,57-,58+,59+,60-,61+,62+,63+,64?,67-,68-/m0/s1. The van der Waals surface area contributed by atoms with Crippen LogP contribution in [0.2, 0.25) is 0 Å². The van der Waals surface area contributed by atoms with E-state index in [1.54, 1.807) is 0 Å². The maximum atomic E-state index is 13.2. The van der Waals surface area contributed by atoms with Gasteiger partial charge in [0, 0.05) is 40.5 Å². The SMILES string of the molecule is CC(=O)N[C@@H]1[C@H](O[C@@H]2C(O[C@H]3[C@@H](O)[C@H](O)O[C@H](CO[C@@H]4O[C@@H](CO)[C@H](O)[C@H](O)[C@@H]4O[C@H]4O[C@@H](CO)[C@H](O[C@H]5O[C@@H](CO)[C@@H](O)[C@H](O[C@]6(C(=O)O)C[C@H](O)[C@@H](NC(C)=O)[C@@H]([C@@H](O)[C@@H](O)CO)O6)[C@H]5O)[C@H](O)[C@H]4NC(C)=O)[C@H]3O)O[C@H](CO)[C@@H](O)[C@@H]2O)O[C@@H](CO)[C@@H](O[C@H]2O[C@@H](CO)[C@@H](O)[C@H](O[C@]3(C(=O)O)C[C@H](O)[C@@H](NC(C)=O)[C@@H]([C@@H](O)[C@@H](O)CO)O3)[C@H]2O)[C@@H]1O. The molecule has 9 aliphatic heterocycles. The third-order valence-electron chi connectivity index (χ3n) is 22.3. The van der Waals surface area contributed by atoms with Crippen molar-refractivity contribution < 1.29 is 257 Å². The minimum absolute atomic E-state index is 0.873. The molecule has 47 atom stereocenters. The molecular formula is C68H112N4O52. The molecule has 0 bridgehead atoms. The van der Waals surface area contributed by atoms with Crippen LogP contribution >= 0.6 is 0 Å². The lowest BCUT2D eigenvalue weighted by Crippen LogP contribution is -2.71. The van der Waals surface area contributed by atoms with Crippen LogP contribution in [0.1, 0.15) is 40.5 Å². The summed E-state index contributed by atoms with van der Waals surface area (Å²) < 4.78 is 98.8. The molecule has 0 aromatic carbocycles. The molecule has 9 saturated heterocycles. The first-order valence-electron chi connectivity index (χ1n) is 38.9. The van der Waals surface area contributed by atoms with E-state index in [4.69, 9.17) is 80.5 Å². The highest BCUT2D eigenvalue weighted by molar-refractivity contribution is 5.78. The van der Waals surface area contributed by atoms with Crippen molar-refractivity contribution in [2.24, 2.45) is 0 Å².